The topological polar surface area (TPSA) is 52.7 Å². The van der Waals surface area contributed by atoms with Crippen LogP contribution in [0.3, 0.4) is 0 Å². The van der Waals surface area contributed by atoms with Crippen LogP contribution in [-0.2, 0) is 16.6 Å². The van der Waals surface area contributed by atoms with Gasteiger partial charge in [0, 0.05) is 33.2 Å². The van der Waals surface area contributed by atoms with Crippen LogP contribution in [0, 0.1) is 5.82 Å². The first-order valence-corrected chi connectivity index (χ1v) is 8.61. The molecule has 0 spiro atoms. The van der Waals surface area contributed by atoms with Crippen LogP contribution in [0.15, 0.2) is 24.3 Å². The van der Waals surface area contributed by atoms with E-state index in [0.29, 0.717) is 19.5 Å². The van der Waals surface area contributed by atoms with Gasteiger partial charge < -0.3 is 4.90 Å². The van der Waals surface area contributed by atoms with E-state index >= 15 is 0 Å². The number of nitrogens with one attached hydrogen (secondary N) is 1. The first-order valence-electron chi connectivity index (χ1n) is 7.17. The van der Waals surface area contributed by atoms with Crippen LogP contribution in [0.1, 0.15) is 12.0 Å². The van der Waals surface area contributed by atoms with Crippen LogP contribution in [0.2, 0.25) is 0 Å². The summed E-state index contributed by atoms with van der Waals surface area (Å²) in [6.07, 6.45) is 1.58. The number of halogens is 1. The first-order chi connectivity index (χ1) is 10.0. The zero-order valence-electron chi connectivity index (χ0n) is 12.3. The quantitative estimate of drug-likeness (QED) is 0.846. The van der Waals surface area contributed by atoms with E-state index in [1.165, 1.54) is 17.4 Å². The molecule has 0 unspecified atom stereocenters. The number of aryl methyl sites for hydroxylation is 1. The number of nitrogens with zero attached hydrogens (tertiary/aromatic N) is 2. The molecule has 0 atom stereocenters. The van der Waals surface area contributed by atoms with E-state index in [1.807, 2.05) is 12.1 Å². The Labute approximate surface area is 125 Å². The molecule has 0 amide bonds. The molecule has 5 nitrogen and oxygen atoms in total. The maximum Gasteiger partial charge on any atom is 0.279 e. The van der Waals surface area contributed by atoms with Gasteiger partial charge in [-0.15, -0.1) is 0 Å². The molecule has 0 aliphatic carbocycles. The minimum absolute atomic E-state index is 0.151. The third-order valence-corrected chi connectivity index (χ3v) is 5.37. The molecule has 7 heteroatoms. The van der Waals surface area contributed by atoms with Gasteiger partial charge in [-0.2, -0.15) is 12.7 Å². The smallest absolute Gasteiger partial charge is 0.279 e. The molecule has 2 rings (SSSR count). The number of hydrogen-bond donors (Lipinski definition) is 1. The van der Waals surface area contributed by atoms with Gasteiger partial charge in [0.1, 0.15) is 5.82 Å². The van der Waals surface area contributed by atoms with Gasteiger partial charge in [0.15, 0.2) is 0 Å². The molecule has 1 aromatic carbocycles. The molecule has 1 N–H and O–H groups in total. The van der Waals surface area contributed by atoms with E-state index in [0.717, 1.165) is 31.6 Å². The van der Waals surface area contributed by atoms with Crippen molar-refractivity contribution in [3.63, 3.8) is 0 Å². The molecule has 1 aromatic rings. The lowest BCUT2D eigenvalue weighted by Gasteiger charge is -2.33. The van der Waals surface area contributed by atoms with Gasteiger partial charge in [0.2, 0.25) is 0 Å². The summed E-state index contributed by atoms with van der Waals surface area (Å²) in [5.74, 6) is -0.151. The first kappa shape index (κ1) is 16.4. The van der Waals surface area contributed by atoms with Crippen molar-refractivity contribution in [1.82, 2.24) is 13.9 Å². The van der Waals surface area contributed by atoms with Crippen LogP contribution in [-0.4, -0.2) is 57.4 Å². The summed E-state index contributed by atoms with van der Waals surface area (Å²) in [5, 5.41) is 0. The van der Waals surface area contributed by atoms with Crippen molar-refractivity contribution >= 4 is 10.2 Å². The van der Waals surface area contributed by atoms with Gasteiger partial charge in [-0.3, -0.25) is 0 Å². The number of hydrogen-bond acceptors (Lipinski definition) is 3. The number of piperazine rings is 1. The summed E-state index contributed by atoms with van der Waals surface area (Å²) in [4.78, 5) is 2.22. The van der Waals surface area contributed by atoms with Gasteiger partial charge in [-0.05, 0) is 31.0 Å². The monoisotopic (exact) mass is 315 g/mol. The molecule has 1 aliphatic rings. The Morgan fingerprint density at radius 1 is 1.19 bits per heavy atom. The summed E-state index contributed by atoms with van der Waals surface area (Å²) in [6, 6.07) is 6.84. The molecule has 0 bridgehead atoms. The van der Waals surface area contributed by atoms with Gasteiger partial charge in [0.05, 0.1) is 0 Å². The van der Waals surface area contributed by atoms with E-state index in [-0.39, 0.29) is 5.82 Å². The number of benzene rings is 1. The SMILES string of the molecule is CNS(=O)(=O)N1CCN(CCCc2ccccc2F)CC1. The molecule has 118 valence electrons. The Balaban J connectivity index is 1.74. The van der Waals surface area contributed by atoms with Gasteiger partial charge in [-0.25, -0.2) is 9.11 Å². The van der Waals surface area contributed by atoms with Gasteiger partial charge >= 0.3 is 0 Å². The van der Waals surface area contributed by atoms with Crippen LogP contribution in [0.4, 0.5) is 4.39 Å². The lowest BCUT2D eigenvalue weighted by molar-refractivity contribution is 0.186. The predicted octanol–water partition coefficient (Wildman–Crippen LogP) is 0.840. The Kier molecular flexibility index (Phi) is 5.69. The molecular formula is C14H22FN3O2S. The summed E-state index contributed by atoms with van der Waals surface area (Å²) >= 11 is 0. The average Bonchev–Trinajstić information content (AvgIpc) is 2.50. The van der Waals surface area contributed by atoms with Crippen molar-refractivity contribution in [3.05, 3.63) is 35.6 Å². The second kappa shape index (κ2) is 7.31. The van der Waals surface area contributed by atoms with Crippen LogP contribution in [0.25, 0.3) is 0 Å². The van der Waals surface area contributed by atoms with Crippen molar-refractivity contribution < 1.29 is 12.8 Å². The molecule has 1 saturated heterocycles. The fraction of sp³-hybridized carbons (Fsp3) is 0.571. The molecule has 0 saturated carbocycles. The highest BCUT2D eigenvalue weighted by molar-refractivity contribution is 7.87. The van der Waals surface area contributed by atoms with E-state index in [9.17, 15) is 12.8 Å². The van der Waals surface area contributed by atoms with Gasteiger partial charge in [0.25, 0.3) is 10.2 Å². The fourth-order valence-electron chi connectivity index (χ4n) is 2.52. The Morgan fingerprint density at radius 2 is 1.86 bits per heavy atom. The minimum atomic E-state index is -3.31. The summed E-state index contributed by atoms with van der Waals surface area (Å²) in [7, 11) is -1.88. The summed E-state index contributed by atoms with van der Waals surface area (Å²) in [6.45, 7) is 3.31. The highest BCUT2D eigenvalue weighted by Crippen LogP contribution is 2.11. The van der Waals surface area contributed by atoms with Crippen LogP contribution >= 0.6 is 0 Å². The van der Waals surface area contributed by atoms with Crippen molar-refractivity contribution in [1.29, 1.82) is 0 Å². The van der Waals surface area contributed by atoms with Crippen molar-refractivity contribution in [3.8, 4) is 0 Å². The summed E-state index contributed by atoms with van der Waals surface area (Å²) in [5.41, 5.74) is 0.744. The molecular weight excluding hydrogens is 293 g/mol. The fourth-order valence-corrected chi connectivity index (χ4v) is 3.42. The van der Waals surface area contributed by atoms with E-state index < -0.39 is 10.2 Å². The maximum atomic E-state index is 13.5. The normalized spacial score (nSPS) is 18.0. The second-order valence-electron chi connectivity index (χ2n) is 5.14. The Hall–Kier alpha value is -1.02. The van der Waals surface area contributed by atoms with Crippen molar-refractivity contribution in [2.24, 2.45) is 0 Å². The molecule has 1 fully saturated rings. The second-order valence-corrected chi connectivity index (χ2v) is 7.02. The Morgan fingerprint density at radius 3 is 2.48 bits per heavy atom. The third kappa shape index (κ3) is 4.47. The summed E-state index contributed by atoms with van der Waals surface area (Å²) < 4.78 is 40.6. The van der Waals surface area contributed by atoms with E-state index in [2.05, 4.69) is 9.62 Å². The van der Waals surface area contributed by atoms with Gasteiger partial charge in [-0.1, -0.05) is 18.2 Å². The molecule has 1 aliphatic heterocycles. The Bertz CT molecular complexity index is 557. The molecule has 0 aromatic heterocycles. The van der Waals surface area contributed by atoms with Crippen molar-refractivity contribution in [2.45, 2.75) is 12.8 Å². The molecule has 1 heterocycles. The highest BCUT2D eigenvalue weighted by atomic mass is 32.2. The zero-order chi connectivity index (χ0) is 15.3. The maximum absolute atomic E-state index is 13.5. The lowest BCUT2D eigenvalue weighted by Crippen LogP contribution is -2.51. The van der Waals surface area contributed by atoms with Crippen LogP contribution in [0.5, 0.6) is 0 Å². The lowest BCUT2D eigenvalue weighted by atomic mass is 10.1. The molecule has 0 radical (unpaired) electrons. The van der Waals surface area contributed by atoms with Crippen LogP contribution < -0.4 is 4.72 Å². The largest absolute Gasteiger partial charge is 0.301 e. The third-order valence-electron chi connectivity index (χ3n) is 3.81. The predicted molar refractivity (Wildman–Crippen MR) is 80.7 cm³/mol. The van der Waals surface area contributed by atoms with E-state index in [1.54, 1.807) is 6.07 Å². The average molecular weight is 315 g/mol. The number of rotatable bonds is 6. The zero-order valence-corrected chi connectivity index (χ0v) is 13.1. The van der Waals surface area contributed by atoms with E-state index in [4.69, 9.17) is 0 Å². The molecule has 21 heavy (non-hydrogen) atoms. The van der Waals surface area contributed by atoms with Crippen molar-refractivity contribution in [2.75, 3.05) is 39.8 Å². The highest BCUT2D eigenvalue weighted by Gasteiger charge is 2.25. The minimum Gasteiger partial charge on any atom is -0.301 e. The standard InChI is InChI=1S/C14H22FN3O2S/c1-16-21(19,20)18-11-9-17(10-12-18)8-4-6-13-5-2-3-7-14(13)15/h2-3,5,7,16H,4,6,8-12H2,1H3.